The van der Waals surface area contributed by atoms with Crippen molar-refractivity contribution in [1.82, 2.24) is 9.80 Å². The topological polar surface area (TPSA) is 6.48 Å². The third-order valence-electron chi connectivity index (χ3n) is 5.68. The van der Waals surface area contributed by atoms with Gasteiger partial charge in [-0.25, -0.2) is 0 Å². The van der Waals surface area contributed by atoms with Gasteiger partial charge in [0.25, 0.3) is 0 Å². The highest BCUT2D eigenvalue weighted by Gasteiger charge is 2.21. The summed E-state index contributed by atoms with van der Waals surface area (Å²) in [5.41, 5.74) is 0. The van der Waals surface area contributed by atoms with Gasteiger partial charge in [-0.2, -0.15) is 0 Å². The molecule has 1 unspecified atom stereocenters. The summed E-state index contributed by atoms with van der Waals surface area (Å²) < 4.78 is 0. The highest BCUT2D eigenvalue weighted by atomic mass is 15.4. The second-order valence-electron chi connectivity index (χ2n) is 8.07. The van der Waals surface area contributed by atoms with E-state index in [9.17, 15) is 0 Å². The Morgan fingerprint density at radius 3 is 1.60 bits per heavy atom. The van der Waals surface area contributed by atoms with E-state index in [2.05, 4.69) is 43.1 Å². The van der Waals surface area contributed by atoms with E-state index in [1.165, 1.54) is 109 Å². The summed E-state index contributed by atoms with van der Waals surface area (Å²) in [6, 6.07) is 0. The van der Waals surface area contributed by atoms with Crippen LogP contribution < -0.4 is 0 Å². The van der Waals surface area contributed by atoms with Crippen LogP contribution in [-0.4, -0.2) is 29.6 Å². The highest BCUT2D eigenvalue weighted by Crippen LogP contribution is 2.20. The van der Waals surface area contributed by atoms with Crippen LogP contribution in [0.1, 0.15) is 117 Å². The molecule has 0 bridgehead atoms. The van der Waals surface area contributed by atoms with Crippen LogP contribution in [0.2, 0.25) is 0 Å². The first-order chi connectivity index (χ1) is 12.3. The molecule has 0 aromatic rings. The zero-order valence-corrected chi connectivity index (χ0v) is 17.6. The first-order valence-electron chi connectivity index (χ1n) is 11.5. The fraction of sp³-hybridized carbons (Fsp3) is 0.913. The van der Waals surface area contributed by atoms with Gasteiger partial charge in [-0.05, 0) is 19.3 Å². The van der Waals surface area contributed by atoms with Gasteiger partial charge in [-0.1, -0.05) is 97.3 Å². The Labute approximate surface area is 159 Å². The third-order valence-corrected chi connectivity index (χ3v) is 5.68. The van der Waals surface area contributed by atoms with Gasteiger partial charge in [0, 0.05) is 26.0 Å². The molecule has 0 radical (unpaired) electrons. The Morgan fingerprint density at radius 2 is 1.08 bits per heavy atom. The highest BCUT2D eigenvalue weighted by molar-refractivity contribution is 4.95. The molecule has 0 fully saturated rings. The van der Waals surface area contributed by atoms with Crippen molar-refractivity contribution in [1.29, 1.82) is 0 Å². The fourth-order valence-electron chi connectivity index (χ4n) is 3.92. The van der Waals surface area contributed by atoms with E-state index >= 15 is 0 Å². The third kappa shape index (κ3) is 10.8. The minimum atomic E-state index is 0.622. The molecule has 148 valence electrons. The molecule has 0 aromatic carbocycles. The molecule has 1 aliphatic heterocycles. The first-order valence-corrected chi connectivity index (χ1v) is 11.5. The van der Waals surface area contributed by atoms with Crippen LogP contribution in [0.15, 0.2) is 12.4 Å². The number of rotatable bonds is 17. The zero-order chi connectivity index (χ0) is 18.2. The molecule has 25 heavy (non-hydrogen) atoms. The summed E-state index contributed by atoms with van der Waals surface area (Å²) in [5, 5.41) is 0. The van der Waals surface area contributed by atoms with Crippen molar-refractivity contribution in [2.24, 2.45) is 0 Å². The minimum absolute atomic E-state index is 0.622. The summed E-state index contributed by atoms with van der Waals surface area (Å²) in [6.07, 6.45) is 27.8. The predicted octanol–water partition coefficient (Wildman–Crippen LogP) is 7.31. The molecule has 0 aliphatic carbocycles. The number of nitrogens with zero attached hydrogens (tertiary/aromatic N) is 2. The lowest BCUT2D eigenvalue weighted by atomic mass is 10.0. The summed E-state index contributed by atoms with van der Waals surface area (Å²) >= 11 is 0. The molecule has 0 aromatic heterocycles. The number of unbranched alkanes of at least 4 members (excludes halogenated alkanes) is 13. The van der Waals surface area contributed by atoms with Crippen LogP contribution in [0.25, 0.3) is 0 Å². The van der Waals surface area contributed by atoms with Crippen molar-refractivity contribution in [2.75, 3.05) is 13.6 Å². The molecule has 0 N–H and O–H groups in total. The molecule has 0 saturated heterocycles. The van der Waals surface area contributed by atoms with Gasteiger partial charge in [0.2, 0.25) is 0 Å². The Balaban J connectivity index is 1.87. The van der Waals surface area contributed by atoms with Crippen LogP contribution >= 0.6 is 0 Å². The number of hydrogen-bond acceptors (Lipinski definition) is 2. The SMILES string of the molecule is CCCCCCCCCCCCCCCN1C=CN(C)C1CCCC. The lowest BCUT2D eigenvalue weighted by Crippen LogP contribution is -2.36. The van der Waals surface area contributed by atoms with E-state index in [0.29, 0.717) is 6.17 Å². The van der Waals surface area contributed by atoms with Crippen molar-refractivity contribution in [2.45, 2.75) is 123 Å². The average molecular weight is 351 g/mol. The number of hydrogen-bond donors (Lipinski definition) is 0. The summed E-state index contributed by atoms with van der Waals surface area (Å²) in [7, 11) is 2.22. The zero-order valence-electron chi connectivity index (χ0n) is 17.6. The Morgan fingerprint density at radius 1 is 0.600 bits per heavy atom. The maximum atomic E-state index is 2.56. The van der Waals surface area contributed by atoms with Gasteiger partial charge >= 0.3 is 0 Å². The summed E-state index contributed by atoms with van der Waals surface area (Å²) in [4.78, 5) is 4.95. The minimum Gasteiger partial charge on any atom is -0.359 e. The van der Waals surface area contributed by atoms with Crippen molar-refractivity contribution in [3.8, 4) is 0 Å². The molecule has 2 heteroatoms. The van der Waals surface area contributed by atoms with Crippen molar-refractivity contribution >= 4 is 0 Å². The molecule has 1 heterocycles. The lowest BCUT2D eigenvalue weighted by Gasteiger charge is -2.30. The normalized spacial score (nSPS) is 17.0. The molecule has 1 atom stereocenters. The van der Waals surface area contributed by atoms with Crippen molar-refractivity contribution < 1.29 is 0 Å². The molecular formula is C23H46N2. The largest absolute Gasteiger partial charge is 0.359 e. The molecule has 0 amide bonds. The van der Waals surface area contributed by atoms with Crippen LogP contribution in [0.4, 0.5) is 0 Å². The van der Waals surface area contributed by atoms with Gasteiger partial charge < -0.3 is 9.80 Å². The van der Waals surface area contributed by atoms with E-state index in [0.717, 1.165) is 0 Å². The lowest BCUT2D eigenvalue weighted by molar-refractivity contribution is 0.160. The predicted molar refractivity (Wildman–Crippen MR) is 113 cm³/mol. The van der Waals surface area contributed by atoms with Crippen LogP contribution in [0.3, 0.4) is 0 Å². The van der Waals surface area contributed by atoms with Crippen LogP contribution in [0, 0.1) is 0 Å². The van der Waals surface area contributed by atoms with Gasteiger partial charge in [0.05, 0.1) is 0 Å². The molecule has 0 saturated carbocycles. The van der Waals surface area contributed by atoms with Gasteiger partial charge in [-0.15, -0.1) is 0 Å². The van der Waals surface area contributed by atoms with Crippen LogP contribution in [-0.2, 0) is 0 Å². The van der Waals surface area contributed by atoms with E-state index in [-0.39, 0.29) is 0 Å². The van der Waals surface area contributed by atoms with E-state index in [1.807, 2.05) is 0 Å². The quantitative estimate of drug-likeness (QED) is 0.254. The second kappa shape index (κ2) is 15.6. The smallest absolute Gasteiger partial charge is 0.100 e. The van der Waals surface area contributed by atoms with E-state index in [1.54, 1.807) is 0 Å². The molecular weight excluding hydrogens is 304 g/mol. The second-order valence-corrected chi connectivity index (χ2v) is 8.07. The molecule has 0 spiro atoms. The van der Waals surface area contributed by atoms with Gasteiger partial charge in [-0.3, -0.25) is 0 Å². The van der Waals surface area contributed by atoms with Crippen molar-refractivity contribution in [3.05, 3.63) is 12.4 Å². The maximum absolute atomic E-state index is 2.56. The molecule has 1 rings (SSSR count). The van der Waals surface area contributed by atoms with E-state index < -0.39 is 0 Å². The summed E-state index contributed by atoms with van der Waals surface area (Å²) in [5.74, 6) is 0. The molecule has 1 aliphatic rings. The van der Waals surface area contributed by atoms with Gasteiger partial charge in [0.1, 0.15) is 6.17 Å². The average Bonchev–Trinajstić information content (AvgIpc) is 2.97. The fourth-order valence-corrected chi connectivity index (χ4v) is 3.92. The standard InChI is InChI=1S/C23H46N2/c1-4-6-8-9-10-11-12-13-14-15-16-17-18-20-25-22-21-24(3)23(25)19-7-5-2/h21-23H,4-20H2,1-3H3. The monoisotopic (exact) mass is 350 g/mol. The first kappa shape index (κ1) is 22.4. The summed E-state index contributed by atoms with van der Waals surface area (Å²) in [6.45, 7) is 5.83. The Bertz CT molecular complexity index is 313. The van der Waals surface area contributed by atoms with Crippen LogP contribution in [0.5, 0.6) is 0 Å². The van der Waals surface area contributed by atoms with Gasteiger partial charge in [0.15, 0.2) is 0 Å². The Kier molecular flexibility index (Phi) is 14.0. The molecule has 2 nitrogen and oxygen atoms in total. The van der Waals surface area contributed by atoms with Crippen molar-refractivity contribution in [3.63, 3.8) is 0 Å². The van der Waals surface area contributed by atoms with E-state index in [4.69, 9.17) is 0 Å². The Hall–Kier alpha value is -0.660. The maximum Gasteiger partial charge on any atom is 0.100 e.